The quantitative estimate of drug-likeness (QED) is 0.632. The number of fused-ring (bicyclic) bond motifs is 2. The Bertz CT molecular complexity index is 977. The van der Waals surface area contributed by atoms with Crippen LogP contribution < -0.4 is 0 Å². The van der Waals surface area contributed by atoms with Crippen LogP contribution in [0.5, 0.6) is 0 Å². The highest BCUT2D eigenvalue weighted by molar-refractivity contribution is 7.10. The molecule has 0 spiro atoms. The molecule has 2 atom stereocenters. The van der Waals surface area contributed by atoms with Gasteiger partial charge in [0.1, 0.15) is 5.52 Å². The zero-order valence-corrected chi connectivity index (χ0v) is 17.7. The van der Waals surface area contributed by atoms with Crippen LogP contribution in [0.25, 0.3) is 11.1 Å². The monoisotopic (exact) mass is 409 g/mol. The fourth-order valence-electron chi connectivity index (χ4n) is 4.88. The number of piperidine rings is 1. The molecule has 2 aromatic heterocycles. The van der Waals surface area contributed by atoms with E-state index in [1.807, 2.05) is 35.6 Å². The number of para-hydroxylation sites is 2. The van der Waals surface area contributed by atoms with Crippen LogP contribution in [0.3, 0.4) is 0 Å². The number of likely N-dealkylation sites (tertiary alicyclic amines) is 1. The first kappa shape index (κ1) is 18.8. The number of benzene rings is 1. The van der Waals surface area contributed by atoms with Crippen LogP contribution in [0.4, 0.5) is 0 Å². The Balaban J connectivity index is 1.27. The van der Waals surface area contributed by atoms with Gasteiger partial charge in [0, 0.05) is 23.9 Å². The Morgan fingerprint density at radius 1 is 1.28 bits per heavy atom. The number of hydrogen-bond donors (Lipinski definition) is 0. The highest BCUT2D eigenvalue weighted by Crippen LogP contribution is 2.35. The molecule has 0 bridgehead atoms. The molecule has 152 valence electrons. The maximum absolute atomic E-state index is 13.2. The van der Waals surface area contributed by atoms with Gasteiger partial charge in [-0.25, -0.2) is 4.98 Å². The maximum Gasteiger partial charge on any atom is 0.237 e. The Labute approximate surface area is 175 Å². The van der Waals surface area contributed by atoms with Crippen molar-refractivity contribution in [2.75, 3.05) is 26.2 Å². The second kappa shape index (κ2) is 7.92. The summed E-state index contributed by atoms with van der Waals surface area (Å²) in [6.07, 6.45) is 4.10. The molecule has 1 aromatic carbocycles. The third-order valence-corrected chi connectivity index (χ3v) is 7.32. The third-order valence-electron chi connectivity index (χ3n) is 6.33. The minimum atomic E-state index is 0.232. The van der Waals surface area contributed by atoms with E-state index in [4.69, 9.17) is 9.40 Å². The highest BCUT2D eigenvalue weighted by atomic mass is 32.1. The van der Waals surface area contributed by atoms with E-state index >= 15 is 0 Å². The number of rotatable bonds is 4. The second-order valence-electron chi connectivity index (χ2n) is 8.15. The van der Waals surface area contributed by atoms with Gasteiger partial charge in [-0.1, -0.05) is 19.1 Å². The molecule has 5 rings (SSSR count). The average molecular weight is 410 g/mol. The zero-order valence-electron chi connectivity index (χ0n) is 16.8. The zero-order chi connectivity index (χ0) is 19.8. The van der Waals surface area contributed by atoms with Crippen LogP contribution in [0.2, 0.25) is 0 Å². The van der Waals surface area contributed by atoms with Crippen molar-refractivity contribution >= 4 is 28.3 Å². The number of hydrogen-bond acceptors (Lipinski definition) is 5. The summed E-state index contributed by atoms with van der Waals surface area (Å²) in [5.41, 5.74) is 3.13. The lowest BCUT2D eigenvalue weighted by molar-refractivity contribution is -0.135. The fraction of sp³-hybridized carbons (Fsp3) is 0.478. The van der Waals surface area contributed by atoms with Crippen molar-refractivity contribution in [1.29, 1.82) is 0 Å². The predicted octanol–water partition coefficient (Wildman–Crippen LogP) is 4.60. The fourth-order valence-corrected chi connectivity index (χ4v) is 5.81. The van der Waals surface area contributed by atoms with Gasteiger partial charge in [0.25, 0.3) is 0 Å². The minimum Gasteiger partial charge on any atom is -0.440 e. The molecule has 3 aromatic rings. The Hall–Kier alpha value is -2.18. The van der Waals surface area contributed by atoms with Gasteiger partial charge in [0.2, 0.25) is 5.91 Å². The van der Waals surface area contributed by atoms with Crippen molar-refractivity contribution in [2.24, 2.45) is 0 Å². The number of aromatic nitrogens is 1. The smallest absolute Gasteiger partial charge is 0.237 e. The molecule has 4 heterocycles. The average Bonchev–Trinajstić information content (AvgIpc) is 3.40. The number of carbonyl (C=O) groups is 1. The largest absolute Gasteiger partial charge is 0.440 e. The van der Waals surface area contributed by atoms with Gasteiger partial charge in [-0.2, -0.15) is 0 Å². The molecule has 5 nitrogen and oxygen atoms in total. The highest BCUT2D eigenvalue weighted by Gasteiger charge is 2.32. The Kier molecular flexibility index (Phi) is 5.14. The van der Waals surface area contributed by atoms with E-state index in [0.717, 1.165) is 62.3 Å². The van der Waals surface area contributed by atoms with Gasteiger partial charge in [-0.15, -0.1) is 11.3 Å². The predicted molar refractivity (Wildman–Crippen MR) is 115 cm³/mol. The molecule has 2 aliphatic rings. The number of amides is 1. The summed E-state index contributed by atoms with van der Waals surface area (Å²) < 4.78 is 6.01. The van der Waals surface area contributed by atoms with Crippen molar-refractivity contribution in [3.63, 3.8) is 0 Å². The van der Waals surface area contributed by atoms with E-state index < -0.39 is 0 Å². The lowest BCUT2D eigenvalue weighted by atomic mass is 9.96. The number of thiophene rings is 1. The molecular formula is C23H27N3O2S. The first-order valence-corrected chi connectivity index (χ1v) is 11.5. The van der Waals surface area contributed by atoms with Crippen LogP contribution in [-0.4, -0.2) is 46.9 Å². The summed E-state index contributed by atoms with van der Waals surface area (Å²) in [4.78, 5) is 23.8. The van der Waals surface area contributed by atoms with Gasteiger partial charge >= 0.3 is 0 Å². The van der Waals surface area contributed by atoms with Crippen molar-refractivity contribution < 1.29 is 9.21 Å². The van der Waals surface area contributed by atoms with Gasteiger partial charge in [-0.05, 0) is 61.4 Å². The maximum atomic E-state index is 13.2. The van der Waals surface area contributed by atoms with E-state index in [1.54, 1.807) is 0 Å². The first-order valence-electron chi connectivity index (χ1n) is 10.7. The number of oxazole rings is 1. The molecule has 2 aliphatic heterocycles. The van der Waals surface area contributed by atoms with Crippen molar-refractivity contribution in [3.05, 3.63) is 52.0 Å². The van der Waals surface area contributed by atoms with Gasteiger partial charge in [0.15, 0.2) is 11.5 Å². The lowest BCUT2D eigenvalue weighted by Gasteiger charge is -2.38. The van der Waals surface area contributed by atoms with Crippen LogP contribution in [0.15, 0.2) is 40.1 Å². The molecule has 0 aliphatic carbocycles. The van der Waals surface area contributed by atoms with Gasteiger partial charge in [0.05, 0.1) is 12.6 Å². The SMILES string of the molecule is CCC1c2ccsc2CCN1C(=O)CN1CCCC(c2nc3ccccc3o2)C1. The van der Waals surface area contributed by atoms with Gasteiger partial charge < -0.3 is 9.32 Å². The van der Waals surface area contributed by atoms with Crippen LogP contribution in [0.1, 0.15) is 54.5 Å². The molecule has 0 saturated carbocycles. The summed E-state index contributed by atoms with van der Waals surface area (Å²) in [5.74, 6) is 1.33. The summed E-state index contributed by atoms with van der Waals surface area (Å²) >= 11 is 1.83. The van der Waals surface area contributed by atoms with E-state index in [1.165, 1.54) is 10.4 Å². The molecular weight excluding hydrogens is 382 g/mol. The second-order valence-corrected chi connectivity index (χ2v) is 9.16. The summed E-state index contributed by atoms with van der Waals surface area (Å²) in [7, 11) is 0. The number of carbonyl (C=O) groups excluding carboxylic acids is 1. The molecule has 1 saturated heterocycles. The topological polar surface area (TPSA) is 49.6 Å². The standard InChI is InChI=1S/C23H27N3O2S/c1-2-19-17-10-13-29-21(17)9-12-26(19)22(27)15-25-11-5-6-16(14-25)23-24-18-7-3-4-8-20(18)28-23/h3-4,7-8,10,13,16,19H,2,5-6,9,11-12,14-15H2,1H3. The van der Waals surface area contributed by atoms with Crippen LogP contribution >= 0.6 is 11.3 Å². The molecule has 1 fully saturated rings. The first-order chi connectivity index (χ1) is 14.2. The Morgan fingerprint density at radius 2 is 2.17 bits per heavy atom. The van der Waals surface area contributed by atoms with E-state index in [9.17, 15) is 4.79 Å². The molecule has 6 heteroatoms. The third kappa shape index (κ3) is 3.60. The van der Waals surface area contributed by atoms with E-state index in [0.29, 0.717) is 6.54 Å². The Morgan fingerprint density at radius 3 is 3.03 bits per heavy atom. The summed E-state index contributed by atoms with van der Waals surface area (Å²) in [6.45, 7) is 5.32. The molecule has 29 heavy (non-hydrogen) atoms. The molecule has 0 radical (unpaired) electrons. The molecule has 0 N–H and O–H groups in total. The lowest BCUT2D eigenvalue weighted by Crippen LogP contribution is -2.46. The minimum absolute atomic E-state index is 0.232. The normalized spacial score (nSPS) is 22.7. The molecule has 1 amide bonds. The van der Waals surface area contributed by atoms with Crippen molar-refractivity contribution in [1.82, 2.24) is 14.8 Å². The van der Waals surface area contributed by atoms with Crippen LogP contribution in [0, 0.1) is 0 Å². The molecule has 2 unspecified atom stereocenters. The van der Waals surface area contributed by atoms with Crippen molar-refractivity contribution in [2.45, 2.75) is 44.6 Å². The van der Waals surface area contributed by atoms with Crippen LogP contribution in [-0.2, 0) is 11.2 Å². The summed E-state index contributed by atoms with van der Waals surface area (Å²) in [6, 6.07) is 10.4. The van der Waals surface area contributed by atoms with E-state index in [-0.39, 0.29) is 17.9 Å². The van der Waals surface area contributed by atoms with Gasteiger partial charge in [-0.3, -0.25) is 9.69 Å². The number of nitrogens with zero attached hydrogens (tertiary/aromatic N) is 3. The summed E-state index contributed by atoms with van der Waals surface area (Å²) in [5, 5.41) is 2.16. The van der Waals surface area contributed by atoms with Crippen molar-refractivity contribution in [3.8, 4) is 0 Å². The van der Waals surface area contributed by atoms with E-state index in [2.05, 4.69) is 28.2 Å².